The predicted molar refractivity (Wildman–Crippen MR) is 72.3 cm³/mol. The number of ether oxygens (including phenoxy) is 1. The highest BCUT2D eigenvalue weighted by molar-refractivity contribution is 5.19. The van der Waals surface area contributed by atoms with E-state index in [0.29, 0.717) is 25.1 Å². The van der Waals surface area contributed by atoms with Crippen molar-refractivity contribution in [1.29, 1.82) is 0 Å². The van der Waals surface area contributed by atoms with Crippen molar-refractivity contribution >= 4 is 0 Å². The van der Waals surface area contributed by atoms with Crippen molar-refractivity contribution in [1.82, 2.24) is 10.2 Å². The number of nitrogens with zero attached hydrogens (tertiary/aromatic N) is 1. The third kappa shape index (κ3) is 6.09. The quantitative estimate of drug-likeness (QED) is 0.692. The lowest BCUT2D eigenvalue weighted by molar-refractivity contribution is 0.198. The minimum Gasteiger partial charge on any atom is -0.383 e. The molecule has 0 aliphatic carbocycles. The summed E-state index contributed by atoms with van der Waals surface area (Å²) in [6.45, 7) is 3.93. The Labute approximate surface area is 113 Å². The van der Waals surface area contributed by atoms with E-state index in [9.17, 15) is 8.78 Å². The molecule has 0 saturated heterocycles. The predicted octanol–water partition coefficient (Wildman–Crippen LogP) is 1.68. The average Bonchev–Trinajstić information content (AvgIpc) is 2.40. The Hall–Kier alpha value is -1.04. The Morgan fingerprint density at radius 3 is 2.74 bits per heavy atom. The fourth-order valence-electron chi connectivity index (χ4n) is 1.73. The molecule has 0 aliphatic rings. The number of hydrogen-bond acceptors (Lipinski definition) is 3. The summed E-state index contributed by atoms with van der Waals surface area (Å²) in [5, 5.41) is 3.24. The second kappa shape index (κ2) is 8.96. The Morgan fingerprint density at radius 2 is 2.00 bits per heavy atom. The number of benzene rings is 1. The molecular weight excluding hydrogens is 250 g/mol. The van der Waals surface area contributed by atoms with Crippen LogP contribution in [-0.2, 0) is 11.2 Å². The highest BCUT2D eigenvalue weighted by Crippen LogP contribution is 2.11. The van der Waals surface area contributed by atoms with Gasteiger partial charge >= 0.3 is 0 Å². The summed E-state index contributed by atoms with van der Waals surface area (Å²) in [6, 6.07) is 4.31. The molecule has 0 atom stereocenters. The molecule has 5 heteroatoms. The van der Waals surface area contributed by atoms with E-state index in [1.54, 1.807) is 19.2 Å². The smallest absolute Gasteiger partial charge is 0.162 e. The van der Waals surface area contributed by atoms with Crippen LogP contribution in [-0.4, -0.2) is 51.8 Å². The molecule has 0 fully saturated rings. The van der Waals surface area contributed by atoms with Gasteiger partial charge in [-0.25, -0.2) is 8.78 Å². The zero-order valence-electron chi connectivity index (χ0n) is 11.6. The first kappa shape index (κ1) is 16.0. The second-order valence-corrected chi connectivity index (χ2v) is 4.51. The first-order valence-corrected chi connectivity index (χ1v) is 6.46. The van der Waals surface area contributed by atoms with Crippen molar-refractivity contribution in [2.75, 3.05) is 46.9 Å². The molecule has 0 radical (unpaired) electrons. The van der Waals surface area contributed by atoms with E-state index in [2.05, 4.69) is 10.2 Å². The zero-order valence-corrected chi connectivity index (χ0v) is 11.6. The first-order chi connectivity index (χ1) is 9.15. The van der Waals surface area contributed by atoms with Crippen molar-refractivity contribution in [2.24, 2.45) is 0 Å². The van der Waals surface area contributed by atoms with Crippen LogP contribution in [0, 0.1) is 11.6 Å². The molecule has 0 heterocycles. The molecule has 0 aromatic heterocycles. The zero-order chi connectivity index (χ0) is 14.1. The summed E-state index contributed by atoms with van der Waals surface area (Å²) in [5.41, 5.74) is 0.430. The molecule has 108 valence electrons. The van der Waals surface area contributed by atoms with Gasteiger partial charge in [0.2, 0.25) is 0 Å². The summed E-state index contributed by atoms with van der Waals surface area (Å²) in [6.07, 6.45) is 0.512. The van der Waals surface area contributed by atoms with Crippen LogP contribution in [0.3, 0.4) is 0 Å². The maximum atomic E-state index is 13.4. The third-order valence-corrected chi connectivity index (χ3v) is 2.95. The Balaban J connectivity index is 2.22. The highest BCUT2D eigenvalue weighted by atomic mass is 19.2. The Morgan fingerprint density at radius 1 is 1.21 bits per heavy atom. The molecule has 0 unspecified atom stereocenters. The van der Waals surface area contributed by atoms with E-state index < -0.39 is 11.6 Å². The van der Waals surface area contributed by atoms with Gasteiger partial charge < -0.3 is 15.0 Å². The highest BCUT2D eigenvalue weighted by Gasteiger charge is 2.08. The van der Waals surface area contributed by atoms with Crippen LogP contribution in [0.4, 0.5) is 8.78 Å². The van der Waals surface area contributed by atoms with E-state index in [1.807, 2.05) is 7.05 Å². The molecule has 1 N–H and O–H groups in total. The van der Waals surface area contributed by atoms with Gasteiger partial charge in [0.25, 0.3) is 0 Å². The minimum atomic E-state index is -0.776. The Kier molecular flexibility index (Phi) is 7.55. The van der Waals surface area contributed by atoms with Crippen molar-refractivity contribution in [2.45, 2.75) is 6.42 Å². The van der Waals surface area contributed by atoms with Crippen LogP contribution < -0.4 is 5.32 Å². The van der Waals surface area contributed by atoms with E-state index in [-0.39, 0.29) is 0 Å². The monoisotopic (exact) mass is 272 g/mol. The lowest BCUT2D eigenvalue weighted by Crippen LogP contribution is -2.32. The van der Waals surface area contributed by atoms with Crippen LogP contribution in [0.1, 0.15) is 5.56 Å². The molecule has 0 aliphatic heterocycles. The van der Waals surface area contributed by atoms with Crippen LogP contribution in [0.15, 0.2) is 18.2 Å². The lowest BCUT2D eigenvalue weighted by atomic mass is 10.1. The van der Waals surface area contributed by atoms with Crippen LogP contribution in [0.5, 0.6) is 0 Å². The van der Waals surface area contributed by atoms with Gasteiger partial charge in [-0.2, -0.15) is 0 Å². The summed E-state index contributed by atoms with van der Waals surface area (Å²) in [7, 11) is 3.64. The van der Waals surface area contributed by atoms with Crippen LogP contribution in [0.2, 0.25) is 0 Å². The molecule has 1 aromatic carbocycles. The summed E-state index contributed by atoms with van der Waals surface area (Å²) < 4.78 is 31.4. The average molecular weight is 272 g/mol. The van der Waals surface area contributed by atoms with Crippen molar-refractivity contribution in [3.05, 3.63) is 35.4 Å². The summed E-state index contributed by atoms with van der Waals surface area (Å²) in [5.74, 6) is -1.50. The standard InChI is InChI=1S/C14H22F2N2O/c1-18(10-7-17-8-11-19-2)9-6-12-4-3-5-13(15)14(12)16/h3-5,17H,6-11H2,1-2H3. The summed E-state index contributed by atoms with van der Waals surface area (Å²) >= 11 is 0. The topological polar surface area (TPSA) is 24.5 Å². The molecule has 0 amide bonds. The van der Waals surface area contributed by atoms with Gasteiger partial charge in [-0.05, 0) is 25.1 Å². The largest absolute Gasteiger partial charge is 0.383 e. The van der Waals surface area contributed by atoms with Gasteiger partial charge in [-0.3, -0.25) is 0 Å². The summed E-state index contributed by atoms with van der Waals surface area (Å²) in [4.78, 5) is 2.09. The number of halogens is 2. The third-order valence-electron chi connectivity index (χ3n) is 2.95. The molecule has 19 heavy (non-hydrogen) atoms. The van der Waals surface area contributed by atoms with E-state index in [4.69, 9.17) is 4.74 Å². The number of hydrogen-bond donors (Lipinski definition) is 1. The minimum absolute atomic E-state index is 0.430. The van der Waals surface area contributed by atoms with Gasteiger partial charge in [0.15, 0.2) is 11.6 Å². The van der Waals surface area contributed by atoms with Gasteiger partial charge in [-0.1, -0.05) is 12.1 Å². The molecule has 0 bridgehead atoms. The molecule has 0 saturated carbocycles. The molecule has 0 spiro atoms. The maximum absolute atomic E-state index is 13.4. The molecular formula is C14H22F2N2O. The fourth-order valence-corrected chi connectivity index (χ4v) is 1.73. The number of likely N-dealkylation sites (N-methyl/N-ethyl adjacent to an activating group) is 1. The van der Waals surface area contributed by atoms with Crippen molar-refractivity contribution in [3.8, 4) is 0 Å². The van der Waals surface area contributed by atoms with Gasteiger partial charge in [-0.15, -0.1) is 0 Å². The normalized spacial score (nSPS) is 11.2. The van der Waals surface area contributed by atoms with Crippen molar-refractivity contribution in [3.63, 3.8) is 0 Å². The van der Waals surface area contributed by atoms with Crippen LogP contribution in [0.25, 0.3) is 0 Å². The van der Waals surface area contributed by atoms with Gasteiger partial charge in [0.1, 0.15) is 0 Å². The second-order valence-electron chi connectivity index (χ2n) is 4.51. The molecule has 1 rings (SSSR count). The van der Waals surface area contributed by atoms with E-state index in [1.165, 1.54) is 0 Å². The van der Waals surface area contributed by atoms with E-state index in [0.717, 1.165) is 25.7 Å². The maximum Gasteiger partial charge on any atom is 0.162 e. The first-order valence-electron chi connectivity index (χ1n) is 6.46. The molecule has 3 nitrogen and oxygen atoms in total. The van der Waals surface area contributed by atoms with Gasteiger partial charge in [0, 0.05) is 33.3 Å². The van der Waals surface area contributed by atoms with Crippen LogP contribution >= 0.6 is 0 Å². The molecule has 1 aromatic rings. The number of methoxy groups -OCH3 is 1. The van der Waals surface area contributed by atoms with E-state index >= 15 is 0 Å². The SMILES string of the molecule is COCCNCCN(C)CCc1cccc(F)c1F. The lowest BCUT2D eigenvalue weighted by Gasteiger charge is -2.17. The fraction of sp³-hybridized carbons (Fsp3) is 0.571. The van der Waals surface area contributed by atoms with Gasteiger partial charge in [0.05, 0.1) is 6.61 Å². The number of rotatable bonds is 9. The Bertz CT molecular complexity index is 374. The van der Waals surface area contributed by atoms with Crippen molar-refractivity contribution < 1.29 is 13.5 Å². The number of nitrogens with one attached hydrogen (secondary N) is 1.